The van der Waals surface area contributed by atoms with Crippen molar-refractivity contribution < 1.29 is 9.53 Å². The molecule has 1 saturated heterocycles. The number of piperazine rings is 1. The molecule has 100 valence electrons. The average Bonchev–Trinajstić information content (AvgIpc) is 2.81. The summed E-state index contributed by atoms with van der Waals surface area (Å²) in [5, 5.41) is 3.22. The standard InChI is InChI=1S/C12H20N4O2/c1-10-14-4-6-15(10)7-8-16-5-3-13-9-11(16)12(17)18-2/h4,6,11,13H,3,5,7-9H2,1-2H3. The monoisotopic (exact) mass is 252 g/mol. The Labute approximate surface area is 107 Å². The molecule has 1 aromatic rings. The van der Waals surface area contributed by atoms with Gasteiger partial charge in [0.05, 0.1) is 7.11 Å². The van der Waals surface area contributed by atoms with Crippen molar-refractivity contribution in [1.29, 1.82) is 0 Å². The Kier molecular flexibility index (Phi) is 4.33. The van der Waals surface area contributed by atoms with Gasteiger partial charge in [0, 0.05) is 45.1 Å². The van der Waals surface area contributed by atoms with Gasteiger partial charge in [0.2, 0.25) is 0 Å². The maximum absolute atomic E-state index is 11.7. The number of methoxy groups -OCH3 is 1. The number of aromatic nitrogens is 2. The lowest BCUT2D eigenvalue weighted by atomic mass is 10.2. The highest BCUT2D eigenvalue weighted by atomic mass is 16.5. The van der Waals surface area contributed by atoms with Gasteiger partial charge in [0.15, 0.2) is 0 Å². The van der Waals surface area contributed by atoms with Gasteiger partial charge in [-0.1, -0.05) is 0 Å². The van der Waals surface area contributed by atoms with Crippen LogP contribution in [0, 0.1) is 6.92 Å². The number of carbonyl (C=O) groups is 1. The fourth-order valence-corrected chi connectivity index (χ4v) is 2.26. The topological polar surface area (TPSA) is 59.4 Å². The minimum Gasteiger partial charge on any atom is -0.468 e. The highest BCUT2D eigenvalue weighted by molar-refractivity contribution is 5.76. The minimum absolute atomic E-state index is 0.162. The van der Waals surface area contributed by atoms with Crippen molar-refractivity contribution >= 4 is 5.97 Å². The van der Waals surface area contributed by atoms with Gasteiger partial charge in [0.25, 0.3) is 0 Å². The molecule has 1 fully saturated rings. The maximum Gasteiger partial charge on any atom is 0.324 e. The lowest BCUT2D eigenvalue weighted by Crippen LogP contribution is -2.55. The summed E-state index contributed by atoms with van der Waals surface area (Å²) >= 11 is 0. The van der Waals surface area contributed by atoms with E-state index in [0.29, 0.717) is 6.54 Å². The van der Waals surface area contributed by atoms with Crippen molar-refractivity contribution in [1.82, 2.24) is 19.8 Å². The van der Waals surface area contributed by atoms with E-state index in [-0.39, 0.29) is 12.0 Å². The summed E-state index contributed by atoms with van der Waals surface area (Å²) in [7, 11) is 1.44. The first-order chi connectivity index (χ1) is 8.72. The van der Waals surface area contributed by atoms with Crippen molar-refractivity contribution in [2.45, 2.75) is 19.5 Å². The van der Waals surface area contributed by atoms with Crippen LogP contribution in [0.15, 0.2) is 12.4 Å². The summed E-state index contributed by atoms with van der Waals surface area (Å²) < 4.78 is 6.93. The minimum atomic E-state index is -0.174. The molecule has 0 aliphatic carbocycles. The highest BCUT2D eigenvalue weighted by Crippen LogP contribution is 2.06. The Bertz CT molecular complexity index is 405. The first-order valence-corrected chi connectivity index (χ1v) is 6.22. The smallest absolute Gasteiger partial charge is 0.324 e. The molecule has 1 aromatic heterocycles. The molecule has 0 saturated carbocycles. The van der Waals surface area contributed by atoms with Crippen LogP contribution in [0.3, 0.4) is 0 Å². The lowest BCUT2D eigenvalue weighted by molar-refractivity contribution is -0.147. The van der Waals surface area contributed by atoms with Crippen molar-refractivity contribution in [2.24, 2.45) is 0 Å². The van der Waals surface area contributed by atoms with Crippen LogP contribution in [0.2, 0.25) is 0 Å². The number of ether oxygens (including phenoxy) is 1. The van der Waals surface area contributed by atoms with Gasteiger partial charge in [-0.2, -0.15) is 0 Å². The Morgan fingerprint density at radius 1 is 1.61 bits per heavy atom. The summed E-state index contributed by atoms with van der Waals surface area (Å²) in [4.78, 5) is 18.0. The summed E-state index contributed by atoms with van der Waals surface area (Å²) in [6.45, 7) is 6.10. The van der Waals surface area contributed by atoms with Gasteiger partial charge in [0.1, 0.15) is 11.9 Å². The molecule has 1 aliphatic heterocycles. The van der Waals surface area contributed by atoms with E-state index < -0.39 is 0 Å². The zero-order chi connectivity index (χ0) is 13.0. The van der Waals surface area contributed by atoms with Crippen molar-refractivity contribution in [3.05, 3.63) is 18.2 Å². The summed E-state index contributed by atoms with van der Waals surface area (Å²) in [6, 6.07) is -0.174. The second kappa shape index (κ2) is 5.97. The van der Waals surface area contributed by atoms with Gasteiger partial charge in [-0.25, -0.2) is 4.98 Å². The molecule has 1 aliphatic rings. The molecule has 1 atom stereocenters. The van der Waals surface area contributed by atoms with E-state index in [1.807, 2.05) is 13.1 Å². The van der Waals surface area contributed by atoms with Crippen molar-refractivity contribution in [2.75, 3.05) is 33.3 Å². The first kappa shape index (κ1) is 13.0. The molecule has 1 unspecified atom stereocenters. The molecule has 2 heterocycles. The quantitative estimate of drug-likeness (QED) is 0.742. The van der Waals surface area contributed by atoms with E-state index in [1.54, 1.807) is 6.20 Å². The van der Waals surface area contributed by atoms with E-state index >= 15 is 0 Å². The number of rotatable bonds is 4. The average molecular weight is 252 g/mol. The van der Waals surface area contributed by atoms with Gasteiger partial charge >= 0.3 is 5.97 Å². The molecule has 0 amide bonds. The molecule has 0 aromatic carbocycles. The zero-order valence-corrected chi connectivity index (χ0v) is 10.9. The SMILES string of the molecule is COC(=O)C1CNCCN1CCn1ccnc1C. The second-order valence-corrected chi connectivity index (χ2v) is 4.45. The van der Waals surface area contributed by atoms with Gasteiger partial charge in [-0.3, -0.25) is 9.69 Å². The van der Waals surface area contributed by atoms with E-state index in [4.69, 9.17) is 4.74 Å². The maximum atomic E-state index is 11.7. The Hall–Kier alpha value is -1.40. The molecular formula is C12H20N4O2. The molecular weight excluding hydrogens is 232 g/mol. The van der Waals surface area contributed by atoms with Crippen LogP contribution in [0.4, 0.5) is 0 Å². The van der Waals surface area contributed by atoms with E-state index in [9.17, 15) is 4.79 Å². The predicted octanol–water partition coefficient (Wildman–Crippen LogP) is -0.362. The Morgan fingerprint density at radius 3 is 3.11 bits per heavy atom. The second-order valence-electron chi connectivity index (χ2n) is 4.45. The molecule has 0 radical (unpaired) electrons. The number of nitrogens with zero attached hydrogens (tertiary/aromatic N) is 3. The number of hydrogen-bond donors (Lipinski definition) is 1. The van der Waals surface area contributed by atoms with Crippen LogP contribution in [0.25, 0.3) is 0 Å². The third-order valence-electron chi connectivity index (χ3n) is 3.38. The van der Waals surface area contributed by atoms with Crippen LogP contribution >= 0.6 is 0 Å². The molecule has 0 spiro atoms. The number of imidazole rings is 1. The highest BCUT2D eigenvalue weighted by Gasteiger charge is 2.28. The number of esters is 1. The van der Waals surface area contributed by atoms with E-state index in [0.717, 1.165) is 32.0 Å². The number of nitrogens with one attached hydrogen (secondary N) is 1. The van der Waals surface area contributed by atoms with E-state index in [1.165, 1.54) is 7.11 Å². The predicted molar refractivity (Wildman–Crippen MR) is 67.2 cm³/mol. The van der Waals surface area contributed by atoms with Gasteiger partial charge in [-0.05, 0) is 6.92 Å². The van der Waals surface area contributed by atoms with Gasteiger partial charge in [-0.15, -0.1) is 0 Å². The van der Waals surface area contributed by atoms with Crippen LogP contribution in [-0.4, -0.2) is 59.8 Å². The van der Waals surface area contributed by atoms with Crippen LogP contribution in [-0.2, 0) is 16.1 Å². The first-order valence-electron chi connectivity index (χ1n) is 6.22. The Balaban J connectivity index is 1.93. The fraction of sp³-hybridized carbons (Fsp3) is 0.667. The molecule has 1 N–H and O–H groups in total. The summed E-state index contributed by atoms with van der Waals surface area (Å²) in [5.41, 5.74) is 0. The normalized spacial score (nSPS) is 20.9. The molecule has 2 rings (SSSR count). The lowest BCUT2D eigenvalue weighted by Gasteiger charge is -2.34. The van der Waals surface area contributed by atoms with Crippen molar-refractivity contribution in [3.63, 3.8) is 0 Å². The van der Waals surface area contributed by atoms with Crippen LogP contribution in [0.5, 0.6) is 0 Å². The number of carbonyl (C=O) groups excluding carboxylic acids is 1. The third kappa shape index (κ3) is 2.88. The molecule has 0 bridgehead atoms. The molecule has 6 heteroatoms. The van der Waals surface area contributed by atoms with Crippen LogP contribution in [0.1, 0.15) is 5.82 Å². The molecule has 6 nitrogen and oxygen atoms in total. The summed E-state index contributed by atoms with van der Waals surface area (Å²) in [6.07, 6.45) is 3.76. The largest absolute Gasteiger partial charge is 0.468 e. The Morgan fingerprint density at radius 2 is 2.44 bits per heavy atom. The van der Waals surface area contributed by atoms with E-state index in [2.05, 4.69) is 19.8 Å². The molecule has 18 heavy (non-hydrogen) atoms. The zero-order valence-electron chi connectivity index (χ0n) is 10.9. The van der Waals surface area contributed by atoms with Gasteiger partial charge < -0.3 is 14.6 Å². The van der Waals surface area contributed by atoms with Crippen molar-refractivity contribution in [3.8, 4) is 0 Å². The number of aryl methyl sites for hydroxylation is 1. The fourth-order valence-electron chi connectivity index (χ4n) is 2.26. The summed E-state index contributed by atoms with van der Waals surface area (Å²) in [5.74, 6) is 0.837. The third-order valence-corrected chi connectivity index (χ3v) is 3.38. The number of hydrogen-bond acceptors (Lipinski definition) is 5. The van der Waals surface area contributed by atoms with Crippen LogP contribution < -0.4 is 5.32 Å².